The molecule has 2 amide bonds. The topological polar surface area (TPSA) is 141 Å². The predicted octanol–water partition coefficient (Wildman–Crippen LogP) is 3.88. The third kappa shape index (κ3) is 5.36. The van der Waals surface area contributed by atoms with Gasteiger partial charge >= 0.3 is 12.4 Å². The fourth-order valence-corrected chi connectivity index (χ4v) is 4.73. The second kappa shape index (κ2) is 10.6. The number of fused-ring (bicyclic) bond motifs is 2. The summed E-state index contributed by atoms with van der Waals surface area (Å²) in [5, 5.41) is 13.1. The number of aromatic nitrogens is 3. The molecule has 0 aliphatic carbocycles. The number of rotatable bonds is 7. The van der Waals surface area contributed by atoms with Crippen LogP contribution in [0.25, 0.3) is 16.9 Å². The van der Waals surface area contributed by atoms with Crippen LogP contribution in [0.3, 0.4) is 0 Å². The molecule has 10 nitrogen and oxygen atoms in total. The maximum atomic E-state index is 14.6. The van der Waals surface area contributed by atoms with Crippen molar-refractivity contribution in [3.05, 3.63) is 77.1 Å². The Morgan fingerprint density at radius 3 is 2.33 bits per heavy atom. The number of imidazole rings is 1. The normalized spacial score (nSPS) is 17.8. The Hall–Kier alpha value is -4.93. The summed E-state index contributed by atoms with van der Waals surface area (Å²) < 4.78 is 108. The van der Waals surface area contributed by atoms with Gasteiger partial charge in [0.2, 0.25) is 11.5 Å². The number of hydrogen-bond donors (Lipinski definition) is 3. The molecule has 1 aliphatic heterocycles. The van der Waals surface area contributed by atoms with Crippen LogP contribution in [0.5, 0.6) is 11.5 Å². The van der Waals surface area contributed by atoms with Crippen molar-refractivity contribution in [3.63, 3.8) is 0 Å². The number of pyridine rings is 2. The number of carbonyl (C=O) groups excluding carboxylic acids is 2. The van der Waals surface area contributed by atoms with E-state index in [1.165, 1.54) is 19.1 Å². The van der Waals surface area contributed by atoms with Gasteiger partial charge in [-0.2, -0.15) is 26.3 Å². The van der Waals surface area contributed by atoms with E-state index in [2.05, 4.69) is 9.97 Å². The molecule has 0 fully saturated rings. The van der Waals surface area contributed by atoms with Gasteiger partial charge in [-0.15, -0.1) is 0 Å². The molecule has 0 bridgehead atoms. The van der Waals surface area contributed by atoms with Gasteiger partial charge in [-0.3, -0.25) is 9.59 Å². The van der Waals surface area contributed by atoms with E-state index in [1.54, 1.807) is 0 Å². The Labute approximate surface area is 248 Å². The molecule has 17 heteroatoms. The Balaban J connectivity index is 1.57. The molecule has 3 aromatic heterocycles. The summed E-state index contributed by atoms with van der Waals surface area (Å²) in [6.07, 6.45) is -8.88. The summed E-state index contributed by atoms with van der Waals surface area (Å²) in [6.45, 7) is -0.583. The zero-order valence-electron chi connectivity index (χ0n) is 23.2. The predicted molar refractivity (Wildman–Crippen MR) is 141 cm³/mol. The summed E-state index contributed by atoms with van der Waals surface area (Å²) in [5.41, 5.74) is -3.43. The minimum atomic E-state index is -5.49. The van der Waals surface area contributed by atoms with Crippen molar-refractivity contribution in [1.29, 1.82) is 0 Å². The number of hydrogen-bond acceptors (Lipinski definition) is 7. The van der Waals surface area contributed by atoms with E-state index in [9.17, 15) is 45.4 Å². The largest absolute Gasteiger partial charge is 0.493 e. The molecule has 0 spiro atoms. The molecule has 45 heavy (non-hydrogen) atoms. The van der Waals surface area contributed by atoms with E-state index in [0.29, 0.717) is 6.20 Å². The molecule has 238 valence electrons. The maximum absolute atomic E-state index is 14.6. The molecular formula is C28H22F7N5O5. The van der Waals surface area contributed by atoms with E-state index in [1.807, 2.05) is 5.32 Å². The van der Waals surface area contributed by atoms with Crippen LogP contribution in [0.1, 0.15) is 34.2 Å². The van der Waals surface area contributed by atoms with Crippen LogP contribution in [0, 0.1) is 5.82 Å². The summed E-state index contributed by atoms with van der Waals surface area (Å²) >= 11 is 0. The van der Waals surface area contributed by atoms with E-state index in [-0.39, 0.29) is 40.6 Å². The van der Waals surface area contributed by atoms with Crippen molar-refractivity contribution in [2.45, 2.75) is 30.3 Å². The Bertz CT molecular complexity index is 1820. The average Bonchev–Trinajstić information content (AvgIpc) is 3.57. The number of nitrogens with zero attached hydrogens (tertiary/aromatic N) is 3. The minimum Gasteiger partial charge on any atom is -0.493 e. The highest BCUT2D eigenvalue weighted by molar-refractivity contribution is 5.95. The molecule has 0 saturated heterocycles. The van der Waals surface area contributed by atoms with Crippen LogP contribution < -0.4 is 20.5 Å². The first-order chi connectivity index (χ1) is 20.9. The fourth-order valence-electron chi connectivity index (χ4n) is 4.73. The SMILES string of the molecule is COc1cc(C(=O)NCC(O)(c2cc3c(c(-c4ccc(F)cc4)n2)OC[C@]3(C)C(N)=O)C(F)(F)F)cn2cc(C(F)(F)F)nc12. The third-order valence-electron chi connectivity index (χ3n) is 7.42. The number of ether oxygens (including phenoxy) is 2. The lowest BCUT2D eigenvalue weighted by Crippen LogP contribution is -2.51. The van der Waals surface area contributed by atoms with Gasteiger partial charge in [-0.05, 0) is 43.3 Å². The molecule has 1 aromatic carbocycles. The molecule has 4 heterocycles. The van der Waals surface area contributed by atoms with Gasteiger partial charge in [-0.1, -0.05) is 0 Å². The Kier molecular flexibility index (Phi) is 7.42. The van der Waals surface area contributed by atoms with Gasteiger partial charge in [0.25, 0.3) is 5.91 Å². The van der Waals surface area contributed by atoms with Crippen LogP contribution in [0.4, 0.5) is 30.7 Å². The summed E-state index contributed by atoms with van der Waals surface area (Å²) in [4.78, 5) is 32.8. The van der Waals surface area contributed by atoms with Crippen LogP contribution in [0.2, 0.25) is 0 Å². The van der Waals surface area contributed by atoms with Crippen molar-refractivity contribution in [2.75, 3.05) is 20.3 Å². The number of amides is 2. The first-order valence-electron chi connectivity index (χ1n) is 12.8. The van der Waals surface area contributed by atoms with Crippen LogP contribution in [-0.2, 0) is 22.0 Å². The fraction of sp³-hybridized carbons (Fsp3) is 0.286. The molecular weight excluding hydrogens is 619 g/mol. The van der Waals surface area contributed by atoms with Gasteiger partial charge in [0, 0.05) is 23.5 Å². The highest BCUT2D eigenvalue weighted by Crippen LogP contribution is 2.47. The second-order valence-electron chi connectivity index (χ2n) is 10.4. The standard InChI is InChI=1S/C28H22F7N5O5/c1-25(24(36)42)12-45-21-16(25)8-18(38-20(21)13-3-5-15(29)6-4-13)26(43,28(33,34)35)11-37-23(41)14-7-17(44-2)22-39-19(27(30,31)32)10-40(22)9-14/h3-10,43H,11-12H2,1-2H3,(H2,36,42)(H,37,41)/t25-,26?/m0/s1. The molecule has 4 aromatic rings. The maximum Gasteiger partial charge on any atom is 0.434 e. The van der Waals surface area contributed by atoms with Gasteiger partial charge in [0.15, 0.2) is 17.1 Å². The third-order valence-corrected chi connectivity index (χ3v) is 7.42. The van der Waals surface area contributed by atoms with Gasteiger partial charge in [0.05, 0.1) is 24.9 Å². The highest BCUT2D eigenvalue weighted by Gasteiger charge is 2.57. The monoisotopic (exact) mass is 641 g/mol. The summed E-state index contributed by atoms with van der Waals surface area (Å²) in [6, 6.07) is 6.17. The van der Waals surface area contributed by atoms with Crippen LogP contribution >= 0.6 is 0 Å². The van der Waals surface area contributed by atoms with E-state index in [0.717, 1.165) is 42.0 Å². The lowest BCUT2D eigenvalue weighted by atomic mass is 9.81. The molecule has 4 N–H and O–H groups in total. The zero-order chi connectivity index (χ0) is 33.1. The number of benzene rings is 1. The number of methoxy groups -OCH3 is 1. The Morgan fingerprint density at radius 1 is 1.09 bits per heavy atom. The number of nitrogens with one attached hydrogen (secondary N) is 1. The highest BCUT2D eigenvalue weighted by atomic mass is 19.4. The first kappa shape index (κ1) is 31.5. The van der Waals surface area contributed by atoms with E-state index < -0.39 is 64.5 Å². The minimum absolute atomic E-state index is 0.0794. The van der Waals surface area contributed by atoms with Crippen molar-refractivity contribution >= 4 is 17.5 Å². The lowest BCUT2D eigenvalue weighted by Gasteiger charge is -2.31. The zero-order valence-corrected chi connectivity index (χ0v) is 23.2. The first-order valence-corrected chi connectivity index (χ1v) is 12.8. The number of primary amides is 1. The number of alkyl halides is 6. The van der Waals surface area contributed by atoms with Crippen molar-refractivity contribution < 1.29 is 54.9 Å². The molecule has 5 rings (SSSR count). The van der Waals surface area contributed by atoms with Crippen LogP contribution in [-0.4, -0.2) is 57.7 Å². The summed E-state index contributed by atoms with van der Waals surface area (Å²) in [5.74, 6) is -3.25. The van der Waals surface area contributed by atoms with Crippen molar-refractivity contribution in [1.82, 2.24) is 19.7 Å². The Morgan fingerprint density at radius 2 is 1.76 bits per heavy atom. The second-order valence-corrected chi connectivity index (χ2v) is 10.4. The molecule has 0 radical (unpaired) electrons. The molecule has 1 unspecified atom stereocenters. The molecule has 0 saturated carbocycles. The number of carbonyl (C=O) groups is 2. The lowest BCUT2D eigenvalue weighted by molar-refractivity contribution is -0.265. The van der Waals surface area contributed by atoms with Crippen molar-refractivity contribution in [2.24, 2.45) is 5.73 Å². The van der Waals surface area contributed by atoms with Gasteiger partial charge < -0.3 is 30.0 Å². The van der Waals surface area contributed by atoms with Crippen LogP contribution in [0.15, 0.2) is 48.8 Å². The molecule has 2 atom stereocenters. The smallest absolute Gasteiger partial charge is 0.434 e. The number of aliphatic hydroxyl groups is 1. The quantitative estimate of drug-likeness (QED) is 0.260. The van der Waals surface area contributed by atoms with E-state index in [4.69, 9.17) is 15.2 Å². The van der Waals surface area contributed by atoms with Crippen molar-refractivity contribution in [3.8, 4) is 22.8 Å². The number of halogens is 7. The summed E-state index contributed by atoms with van der Waals surface area (Å²) in [7, 11) is 1.09. The molecule has 1 aliphatic rings. The average molecular weight is 642 g/mol. The van der Waals surface area contributed by atoms with Gasteiger partial charge in [0.1, 0.15) is 29.3 Å². The number of nitrogens with two attached hydrogens (primary N) is 1. The van der Waals surface area contributed by atoms with E-state index >= 15 is 0 Å². The van der Waals surface area contributed by atoms with Gasteiger partial charge in [-0.25, -0.2) is 14.4 Å².